The third-order valence-electron chi connectivity index (χ3n) is 2.10. The fourth-order valence-corrected chi connectivity index (χ4v) is 1.41. The fourth-order valence-electron chi connectivity index (χ4n) is 1.41. The molecule has 2 N–H and O–H groups in total. The Morgan fingerprint density at radius 3 is 2.00 bits per heavy atom. The summed E-state index contributed by atoms with van der Waals surface area (Å²) < 4.78 is 0.683. The zero-order valence-corrected chi connectivity index (χ0v) is 9.35. The highest BCUT2D eigenvalue weighted by molar-refractivity contribution is 5.91. The normalized spacial score (nSPS) is 13.9. The van der Waals surface area contributed by atoms with E-state index in [0.717, 1.165) is 18.5 Å². The summed E-state index contributed by atoms with van der Waals surface area (Å²) in [5, 5.41) is 0. The number of hydrogen-bond donors (Lipinski definition) is 1. The van der Waals surface area contributed by atoms with Crippen molar-refractivity contribution in [2.24, 2.45) is 5.73 Å². The molecule has 0 heterocycles. The van der Waals surface area contributed by atoms with Crippen molar-refractivity contribution in [1.82, 2.24) is 0 Å². The fraction of sp³-hybridized carbons (Fsp3) is 0.700. The number of primary amides is 1. The molecule has 0 aromatic carbocycles. The van der Waals surface area contributed by atoms with Crippen molar-refractivity contribution in [3.05, 3.63) is 11.3 Å². The molecule has 76 valence electrons. The van der Waals surface area contributed by atoms with Gasteiger partial charge in [0.1, 0.15) is 5.70 Å². The molecule has 0 radical (unpaired) electrons. The van der Waals surface area contributed by atoms with E-state index in [1.807, 2.05) is 0 Å². The third kappa shape index (κ3) is 3.59. The minimum atomic E-state index is -0.309. The van der Waals surface area contributed by atoms with E-state index in [0.29, 0.717) is 10.1 Å². The molecule has 0 aliphatic rings. The van der Waals surface area contributed by atoms with Crippen LogP contribution < -0.4 is 5.73 Å². The maximum absolute atomic E-state index is 11.0. The molecule has 0 unspecified atom stereocenters. The van der Waals surface area contributed by atoms with Gasteiger partial charge in [-0.25, -0.2) is 0 Å². The van der Waals surface area contributed by atoms with E-state index >= 15 is 0 Å². The van der Waals surface area contributed by atoms with Crippen molar-refractivity contribution >= 4 is 5.91 Å². The summed E-state index contributed by atoms with van der Waals surface area (Å²) >= 11 is 0. The van der Waals surface area contributed by atoms with Crippen LogP contribution in [0.25, 0.3) is 0 Å². The van der Waals surface area contributed by atoms with Gasteiger partial charge in [0, 0.05) is 6.42 Å². The summed E-state index contributed by atoms with van der Waals surface area (Å²) in [6.45, 7) is 3.90. The summed E-state index contributed by atoms with van der Waals surface area (Å²) in [6.07, 6.45) is 1.97. The smallest absolute Gasteiger partial charge is 0.249 e. The lowest BCUT2D eigenvalue weighted by atomic mass is 10.1. The maximum Gasteiger partial charge on any atom is 0.249 e. The van der Waals surface area contributed by atoms with Gasteiger partial charge in [-0.2, -0.15) is 0 Å². The number of nitrogens with two attached hydrogens (primary N) is 1. The van der Waals surface area contributed by atoms with Crippen LogP contribution in [0.5, 0.6) is 0 Å². The lowest BCUT2D eigenvalue weighted by molar-refractivity contribution is -0.833. The number of hydrogen-bond acceptors (Lipinski definition) is 1. The van der Waals surface area contributed by atoms with Gasteiger partial charge in [0.2, 0.25) is 5.91 Å². The Morgan fingerprint density at radius 2 is 1.77 bits per heavy atom. The Kier molecular flexibility index (Phi) is 4.14. The number of carbonyl (C=O) groups is 1. The van der Waals surface area contributed by atoms with Gasteiger partial charge in [-0.15, -0.1) is 0 Å². The third-order valence-corrected chi connectivity index (χ3v) is 2.10. The molecule has 0 bridgehead atoms. The molecule has 1 amide bonds. The van der Waals surface area contributed by atoms with Crippen LogP contribution in [0.3, 0.4) is 0 Å². The number of rotatable bonds is 4. The summed E-state index contributed by atoms with van der Waals surface area (Å²) in [5.74, 6) is -0.309. The quantitative estimate of drug-likeness (QED) is 0.520. The molecular weight excluding hydrogens is 164 g/mol. The monoisotopic (exact) mass is 185 g/mol. The summed E-state index contributed by atoms with van der Waals surface area (Å²) in [4.78, 5) is 11.0. The van der Waals surface area contributed by atoms with Crippen LogP contribution in [0.1, 0.15) is 26.7 Å². The Labute approximate surface area is 80.8 Å². The van der Waals surface area contributed by atoms with Crippen LogP contribution in [0.15, 0.2) is 11.3 Å². The average molecular weight is 185 g/mol. The Bertz CT molecular complexity index is 224. The van der Waals surface area contributed by atoms with E-state index in [1.54, 1.807) is 6.92 Å². The molecule has 3 heteroatoms. The van der Waals surface area contributed by atoms with Crippen molar-refractivity contribution in [1.29, 1.82) is 0 Å². The van der Waals surface area contributed by atoms with Crippen molar-refractivity contribution < 1.29 is 9.28 Å². The average Bonchev–Trinajstić information content (AvgIpc) is 1.96. The lowest BCUT2D eigenvalue weighted by Gasteiger charge is -2.27. The van der Waals surface area contributed by atoms with Crippen LogP contribution in [-0.4, -0.2) is 31.5 Å². The molecule has 0 aromatic heterocycles. The first-order chi connectivity index (χ1) is 5.80. The second-order valence-corrected chi connectivity index (χ2v) is 4.20. The van der Waals surface area contributed by atoms with Gasteiger partial charge in [-0.05, 0) is 13.3 Å². The first-order valence-corrected chi connectivity index (χ1v) is 4.62. The zero-order valence-electron chi connectivity index (χ0n) is 9.35. The van der Waals surface area contributed by atoms with E-state index in [2.05, 4.69) is 28.1 Å². The highest BCUT2D eigenvalue weighted by atomic mass is 16.1. The van der Waals surface area contributed by atoms with Gasteiger partial charge < -0.3 is 10.2 Å². The second-order valence-electron chi connectivity index (χ2n) is 4.20. The van der Waals surface area contributed by atoms with Gasteiger partial charge in [0.15, 0.2) is 0 Å². The van der Waals surface area contributed by atoms with Crippen LogP contribution in [0, 0.1) is 0 Å². The second kappa shape index (κ2) is 4.42. The number of carbonyl (C=O) groups excluding carboxylic acids is 1. The molecule has 3 nitrogen and oxygen atoms in total. The standard InChI is InChI=1S/C10H20N2O/c1-6-7-9(12(3,4)5)8(2)10(11)13/h6-7H2,1-5H3,(H-,11,13)/p+1. The molecule has 0 aliphatic carbocycles. The molecule has 0 aliphatic heterocycles. The van der Waals surface area contributed by atoms with Crippen LogP contribution in [0.2, 0.25) is 0 Å². The summed E-state index contributed by atoms with van der Waals surface area (Å²) in [5.41, 5.74) is 7.08. The number of quaternary nitrogens is 1. The Morgan fingerprint density at radius 1 is 1.31 bits per heavy atom. The van der Waals surface area contributed by atoms with E-state index in [4.69, 9.17) is 5.73 Å². The zero-order chi connectivity index (χ0) is 10.6. The van der Waals surface area contributed by atoms with E-state index in [1.165, 1.54) is 0 Å². The molecule has 0 aromatic rings. The van der Waals surface area contributed by atoms with Gasteiger partial charge in [-0.3, -0.25) is 4.79 Å². The predicted octanol–water partition coefficient (Wildman–Crippen LogP) is 1.25. The lowest BCUT2D eigenvalue weighted by Crippen LogP contribution is -2.36. The van der Waals surface area contributed by atoms with E-state index in [-0.39, 0.29) is 5.91 Å². The van der Waals surface area contributed by atoms with Crippen molar-refractivity contribution in [2.45, 2.75) is 26.7 Å². The van der Waals surface area contributed by atoms with Crippen molar-refractivity contribution in [3.8, 4) is 0 Å². The first-order valence-electron chi connectivity index (χ1n) is 4.62. The number of amides is 1. The number of allylic oxidation sites excluding steroid dienone is 1. The topological polar surface area (TPSA) is 43.1 Å². The molecular formula is C10H21N2O+. The molecule has 0 spiro atoms. The van der Waals surface area contributed by atoms with Gasteiger partial charge in [-0.1, -0.05) is 6.92 Å². The van der Waals surface area contributed by atoms with E-state index < -0.39 is 0 Å². The summed E-state index contributed by atoms with van der Waals surface area (Å²) in [7, 11) is 6.16. The molecule has 0 atom stereocenters. The highest BCUT2D eigenvalue weighted by Gasteiger charge is 2.20. The van der Waals surface area contributed by atoms with Crippen LogP contribution in [-0.2, 0) is 4.79 Å². The van der Waals surface area contributed by atoms with Gasteiger partial charge in [0.05, 0.1) is 26.7 Å². The van der Waals surface area contributed by atoms with Gasteiger partial charge >= 0.3 is 0 Å². The maximum atomic E-state index is 11.0. The molecule has 13 heavy (non-hydrogen) atoms. The minimum Gasteiger partial charge on any atom is -0.366 e. The van der Waals surface area contributed by atoms with Crippen molar-refractivity contribution in [2.75, 3.05) is 21.1 Å². The number of nitrogens with zero attached hydrogens (tertiary/aromatic N) is 1. The largest absolute Gasteiger partial charge is 0.366 e. The van der Waals surface area contributed by atoms with Crippen LogP contribution >= 0.6 is 0 Å². The first kappa shape index (κ1) is 12.2. The molecule has 0 saturated carbocycles. The molecule has 0 fully saturated rings. The highest BCUT2D eigenvalue weighted by Crippen LogP contribution is 2.18. The Hall–Kier alpha value is -0.830. The minimum absolute atomic E-state index is 0.309. The molecule has 0 saturated heterocycles. The van der Waals surface area contributed by atoms with Gasteiger partial charge in [0.25, 0.3) is 0 Å². The van der Waals surface area contributed by atoms with Crippen molar-refractivity contribution in [3.63, 3.8) is 0 Å². The van der Waals surface area contributed by atoms with E-state index in [9.17, 15) is 4.79 Å². The predicted molar refractivity (Wildman–Crippen MR) is 54.8 cm³/mol. The Balaban J connectivity index is 5.00. The summed E-state index contributed by atoms with van der Waals surface area (Å²) in [6, 6.07) is 0. The SMILES string of the molecule is CCCC(=C(C)C(N)=O)[N+](C)(C)C. The molecule has 0 rings (SSSR count). The van der Waals surface area contributed by atoms with Crippen LogP contribution in [0.4, 0.5) is 0 Å².